The van der Waals surface area contributed by atoms with Crippen LogP contribution in [-0.4, -0.2) is 66.8 Å². The minimum atomic E-state index is -0.425. The van der Waals surface area contributed by atoms with Gasteiger partial charge >= 0.3 is 0 Å². The van der Waals surface area contributed by atoms with E-state index in [2.05, 4.69) is 32.4 Å². The number of amides is 1. The zero-order chi connectivity index (χ0) is 21.8. The van der Waals surface area contributed by atoms with E-state index in [9.17, 15) is 4.79 Å². The number of morpholine rings is 1. The predicted octanol–water partition coefficient (Wildman–Crippen LogP) is 1.85. The molecule has 0 radical (unpaired) electrons. The van der Waals surface area contributed by atoms with Crippen LogP contribution in [-0.2, 0) is 4.74 Å². The van der Waals surface area contributed by atoms with Crippen LogP contribution in [0.1, 0.15) is 22.8 Å². The Morgan fingerprint density at radius 3 is 2.65 bits per heavy atom. The van der Waals surface area contributed by atoms with Gasteiger partial charge in [0, 0.05) is 57.5 Å². The van der Waals surface area contributed by atoms with Gasteiger partial charge in [0.25, 0.3) is 5.91 Å². The van der Waals surface area contributed by atoms with Gasteiger partial charge in [-0.25, -0.2) is 0 Å². The normalized spacial score (nSPS) is 21.5. The molecule has 2 aliphatic heterocycles. The molecule has 1 saturated heterocycles. The highest BCUT2D eigenvalue weighted by Gasteiger charge is 2.38. The second-order valence-corrected chi connectivity index (χ2v) is 7.99. The van der Waals surface area contributed by atoms with E-state index in [0.717, 1.165) is 29.9 Å². The molecule has 1 amide bonds. The van der Waals surface area contributed by atoms with E-state index in [1.807, 2.05) is 49.5 Å². The number of carbonyl (C=O) groups is 1. The number of aromatic nitrogens is 2. The standard InChI is InChI=1S/C23H28N6O2/c1-23(29-8-10-31-11-9-29)21(17-4-6-24-7-5-17)13-19(15-26-23)27-22(30)18-12-20(28(2)3)16-25-14-18/h4-7,12-16,26H,8-11H2,1-3H3,(H,27,30). The van der Waals surface area contributed by atoms with Gasteiger partial charge in [0.15, 0.2) is 0 Å². The minimum Gasteiger partial charge on any atom is -0.379 e. The van der Waals surface area contributed by atoms with E-state index in [0.29, 0.717) is 24.5 Å². The molecular formula is C23H28N6O2. The number of allylic oxidation sites excluding steroid dienone is 1. The Kier molecular flexibility index (Phi) is 6.01. The number of carbonyl (C=O) groups excluding carboxylic acids is 1. The number of anilines is 1. The minimum absolute atomic E-state index is 0.204. The molecule has 0 aromatic carbocycles. The predicted molar refractivity (Wildman–Crippen MR) is 120 cm³/mol. The molecule has 2 aromatic rings. The van der Waals surface area contributed by atoms with Gasteiger partial charge in [-0.15, -0.1) is 0 Å². The summed E-state index contributed by atoms with van der Waals surface area (Å²) in [4.78, 5) is 25.5. The summed E-state index contributed by atoms with van der Waals surface area (Å²) >= 11 is 0. The molecule has 0 bridgehead atoms. The van der Waals surface area contributed by atoms with E-state index in [1.165, 1.54) is 0 Å². The summed E-state index contributed by atoms with van der Waals surface area (Å²) in [5.41, 5.74) is 3.76. The SMILES string of the molecule is CN(C)c1cncc(C(=O)NC2=CNC(C)(N3CCOCC3)C(c3ccncc3)=C2)c1. The lowest BCUT2D eigenvalue weighted by atomic mass is 9.89. The molecule has 4 heterocycles. The van der Waals surface area contributed by atoms with Crippen LogP contribution in [0.15, 0.2) is 61.0 Å². The molecular weight excluding hydrogens is 392 g/mol. The number of hydrogen-bond acceptors (Lipinski definition) is 7. The number of dihydropyridines is 1. The van der Waals surface area contributed by atoms with Crippen molar-refractivity contribution in [3.05, 3.63) is 72.1 Å². The van der Waals surface area contributed by atoms with E-state index < -0.39 is 5.66 Å². The Morgan fingerprint density at radius 2 is 1.94 bits per heavy atom. The highest BCUT2D eigenvalue weighted by molar-refractivity contribution is 5.96. The van der Waals surface area contributed by atoms with Gasteiger partial charge in [0.2, 0.25) is 0 Å². The lowest BCUT2D eigenvalue weighted by Crippen LogP contribution is -2.60. The first-order valence-corrected chi connectivity index (χ1v) is 10.3. The summed E-state index contributed by atoms with van der Waals surface area (Å²) in [5.74, 6) is -0.204. The zero-order valence-corrected chi connectivity index (χ0v) is 18.1. The van der Waals surface area contributed by atoms with Gasteiger partial charge in [0.1, 0.15) is 5.66 Å². The second kappa shape index (κ2) is 8.87. The number of pyridine rings is 2. The first kappa shape index (κ1) is 21.0. The van der Waals surface area contributed by atoms with Crippen LogP contribution in [0.2, 0.25) is 0 Å². The maximum Gasteiger partial charge on any atom is 0.257 e. The fourth-order valence-electron chi connectivity index (χ4n) is 3.87. The molecule has 2 aromatic heterocycles. The monoisotopic (exact) mass is 420 g/mol. The molecule has 8 heteroatoms. The smallest absolute Gasteiger partial charge is 0.257 e. The van der Waals surface area contributed by atoms with Crippen molar-refractivity contribution in [1.29, 1.82) is 0 Å². The molecule has 0 spiro atoms. The van der Waals surface area contributed by atoms with Crippen LogP contribution in [0, 0.1) is 0 Å². The molecule has 2 N–H and O–H groups in total. The van der Waals surface area contributed by atoms with Crippen molar-refractivity contribution in [3.8, 4) is 0 Å². The third-order valence-corrected chi connectivity index (χ3v) is 5.73. The molecule has 31 heavy (non-hydrogen) atoms. The third-order valence-electron chi connectivity index (χ3n) is 5.73. The molecule has 4 rings (SSSR count). The topological polar surface area (TPSA) is 82.6 Å². The van der Waals surface area contributed by atoms with Gasteiger partial charge in [-0.1, -0.05) is 0 Å². The molecule has 162 valence electrons. The molecule has 1 fully saturated rings. The maximum absolute atomic E-state index is 12.9. The van der Waals surface area contributed by atoms with E-state index in [1.54, 1.807) is 24.8 Å². The number of ether oxygens (including phenoxy) is 1. The highest BCUT2D eigenvalue weighted by Crippen LogP contribution is 2.34. The summed E-state index contributed by atoms with van der Waals surface area (Å²) < 4.78 is 5.54. The third kappa shape index (κ3) is 4.45. The van der Waals surface area contributed by atoms with Gasteiger partial charge in [-0.2, -0.15) is 0 Å². The van der Waals surface area contributed by atoms with Crippen molar-refractivity contribution >= 4 is 17.2 Å². The van der Waals surface area contributed by atoms with Crippen molar-refractivity contribution in [1.82, 2.24) is 25.5 Å². The number of rotatable bonds is 5. The summed E-state index contributed by atoms with van der Waals surface area (Å²) in [6.07, 6.45) is 10.8. The Hall–Kier alpha value is -3.23. The van der Waals surface area contributed by atoms with Gasteiger partial charge in [-0.05, 0) is 36.8 Å². The van der Waals surface area contributed by atoms with Gasteiger partial charge in [0.05, 0.1) is 36.4 Å². The summed E-state index contributed by atoms with van der Waals surface area (Å²) in [6, 6.07) is 5.80. The lowest BCUT2D eigenvalue weighted by Gasteiger charge is -2.46. The Bertz CT molecular complexity index is 998. The maximum atomic E-state index is 12.9. The molecule has 2 aliphatic rings. The second-order valence-electron chi connectivity index (χ2n) is 7.99. The first-order chi connectivity index (χ1) is 15.0. The summed E-state index contributed by atoms with van der Waals surface area (Å²) in [5, 5.41) is 6.54. The van der Waals surface area contributed by atoms with Crippen LogP contribution >= 0.6 is 0 Å². The molecule has 0 aliphatic carbocycles. The lowest BCUT2D eigenvalue weighted by molar-refractivity contribution is -0.00395. The van der Waals surface area contributed by atoms with E-state index >= 15 is 0 Å². The van der Waals surface area contributed by atoms with Crippen LogP contribution in [0.5, 0.6) is 0 Å². The average molecular weight is 421 g/mol. The number of nitrogens with one attached hydrogen (secondary N) is 2. The Balaban J connectivity index is 1.62. The highest BCUT2D eigenvalue weighted by atomic mass is 16.5. The fraction of sp³-hybridized carbons (Fsp3) is 0.348. The van der Waals surface area contributed by atoms with Crippen molar-refractivity contribution in [3.63, 3.8) is 0 Å². The van der Waals surface area contributed by atoms with Crippen LogP contribution in [0.3, 0.4) is 0 Å². The summed E-state index contributed by atoms with van der Waals surface area (Å²) in [6.45, 7) is 5.20. The number of nitrogens with zero attached hydrogens (tertiary/aromatic N) is 4. The van der Waals surface area contributed by atoms with Crippen LogP contribution in [0.4, 0.5) is 5.69 Å². The van der Waals surface area contributed by atoms with Crippen LogP contribution < -0.4 is 15.5 Å². The average Bonchev–Trinajstić information content (AvgIpc) is 2.81. The molecule has 8 nitrogen and oxygen atoms in total. The van der Waals surface area contributed by atoms with Crippen molar-refractivity contribution in [2.24, 2.45) is 0 Å². The Morgan fingerprint density at radius 1 is 1.19 bits per heavy atom. The van der Waals surface area contributed by atoms with Gasteiger partial charge in [-0.3, -0.25) is 19.7 Å². The Labute approximate surface area is 182 Å². The quantitative estimate of drug-likeness (QED) is 0.764. The van der Waals surface area contributed by atoms with E-state index in [4.69, 9.17) is 4.74 Å². The molecule has 1 unspecified atom stereocenters. The van der Waals surface area contributed by atoms with Crippen molar-refractivity contribution in [2.75, 3.05) is 45.3 Å². The van der Waals surface area contributed by atoms with E-state index in [-0.39, 0.29) is 5.91 Å². The summed E-state index contributed by atoms with van der Waals surface area (Å²) in [7, 11) is 3.84. The first-order valence-electron chi connectivity index (χ1n) is 10.3. The van der Waals surface area contributed by atoms with Crippen molar-refractivity contribution in [2.45, 2.75) is 12.6 Å². The molecule has 0 saturated carbocycles. The van der Waals surface area contributed by atoms with Gasteiger partial charge < -0.3 is 20.3 Å². The largest absolute Gasteiger partial charge is 0.379 e. The molecule has 1 atom stereocenters. The number of hydrogen-bond donors (Lipinski definition) is 2. The van der Waals surface area contributed by atoms with Crippen molar-refractivity contribution < 1.29 is 9.53 Å². The fourth-order valence-corrected chi connectivity index (χ4v) is 3.87. The zero-order valence-electron chi connectivity index (χ0n) is 18.1. The van der Waals surface area contributed by atoms with Crippen LogP contribution in [0.25, 0.3) is 5.57 Å².